The van der Waals surface area contributed by atoms with E-state index in [0.717, 1.165) is 49.4 Å². The molecule has 0 aromatic carbocycles. The fourth-order valence-electron chi connectivity index (χ4n) is 6.56. The average molecular weight is 421 g/mol. The maximum Gasteiger partial charge on any atom is 0.508 e. The van der Waals surface area contributed by atoms with Crippen molar-refractivity contribution in [1.29, 1.82) is 0 Å². The molecule has 3 rings (SSSR count). The normalized spacial score (nSPS) is 35.0. The van der Waals surface area contributed by atoms with Gasteiger partial charge in [-0.15, -0.1) is 0 Å². The van der Waals surface area contributed by atoms with Crippen molar-refractivity contribution in [2.45, 2.75) is 142 Å². The minimum atomic E-state index is -0.395. The predicted octanol–water partition coefficient (Wildman–Crippen LogP) is 8.44. The van der Waals surface area contributed by atoms with Crippen LogP contribution in [0.5, 0.6) is 0 Å². The largest absolute Gasteiger partial charge is 0.508 e. The van der Waals surface area contributed by atoms with Crippen molar-refractivity contribution in [2.24, 2.45) is 23.7 Å². The maximum atomic E-state index is 12.3. The highest BCUT2D eigenvalue weighted by Crippen LogP contribution is 2.41. The summed E-state index contributed by atoms with van der Waals surface area (Å²) in [6.45, 7) is 4.58. The van der Waals surface area contributed by atoms with Crippen LogP contribution in [-0.4, -0.2) is 18.4 Å². The Hall–Kier alpha value is -0.730. The van der Waals surface area contributed by atoms with Crippen LogP contribution in [0.4, 0.5) is 4.79 Å². The molecule has 3 nitrogen and oxygen atoms in total. The Morgan fingerprint density at radius 1 is 0.600 bits per heavy atom. The van der Waals surface area contributed by atoms with E-state index in [4.69, 9.17) is 9.47 Å². The standard InChI is InChI=1S/C27H48O3/c1-3-5-6-8-22-11-17-25(18-12-22)29-27(28)30-26-19-15-24(16-20-26)23-13-9-21(7-4-2)10-14-23/h21-26H,3-20H2,1-2H3/t21-,22?,23-,24-,25?,26-. The third kappa shape index (κ3) is 7.75. The molecule has 3 heteroatoms. The third-order valence-corrected chi connectivity index (χ3v) is 8.51. The first kappa shape index (κ1) is 23.9. The first-order valence-corrected chi connectivity index (χ1v) is 13.5. The molecular formula is C27H48O3. The van der Waals surface area contributed by atoms with Gasteiger partial charge in [0.1, 0.15) is 12.2 Å². The van der Waals surface area contributed by atoms with Gasteiger partial charge in [0.05, 0.1) is 0 Å². The van der Waals surface area contributed by atoms with Crippen molar-refractivity contribution in [3.8, 4) is 0 Å². The highest BCUT2D eigenvalue weighted by molar-refractivity contribution is 5.60. The molecule has 0 amide bonds. The van der Waals surface area contributed by atoms with Crippen LogP contribution < -0.4 is 0 Å². The molecule has 0 aromatic rings. The summed E-state index contributed by atoms with van der Waals surface area (Å²) in [4.78, 5) is 12.3. The Morgan fingerprint density at radius 3 is 1.60 bits per heavy atom. The summed E-state index contributed by atoms with van der Waals surface area (Å²) in [6, 6.07) is 0. The van der Waals surface area contributed by atoms with Crippen molar-refractivity contribution >= 4 is 6.16 Å². The van der Waals surface area contributed by atoms with Gasteiger partial charge in [0.25, 0.3) is 0 Å². The quantitative estimate of drug-likeness (QED) is 0.277. The molecular weight excluding hydrogens is 372 g/mol. The van der Waals surface area contributed by atoms with Gasteiger partial charge >= 0.3 is 6.16 Å². The number of rotatable bonds is 9. The highest BCUT2D eigenvalue weighted by Gasteiger charge is 2.32. The number of ether oxygens (including phenoxy) is 2. The van der Waals surface area contributed by atoms with Crippen molar-refractivity contribution in [3.05, 3.63) is 0 Å². The lowest BCUT2D eigenvalue weighted by Gasteiger charge is -2.37. The predicted molar refractivity (Wildman–Crippen MR) is 124 cm³/mol. The molecule has 0 heterocycles. The fourth-order valence-corrected chi connectivity index (χ4v) is 6.56. The van der Waals surface area contributed by atoms with Crippen LogP contribution in [0.15, 0.2) is 0 Å². The van der Waals surface area contributed by atoms with Gasteiger partial charge in [-0.05, 0) is 87.9 Å². The van der Waals surface area contributed by atoms with Crippen LogP contribution in [0, 0.1) is 23.7 Å². The zero-order valence-corrected chi connectivity index (χ0v) is 19.9. The number of carbonyl (C=O) groups excluding carboxylic acids is 1. The van der Waals surface area contributed by atoms with Crippen LogP contribution in [0.25, 0.3) is 0 Å². The maximum absolute atomic E-state index is 12.3. The van der Waals surface area contributed by atoms with Gasteiger partial charge < -0.3 is 9.47 Å². The zero-order valence-electron chi connectivity index (χ0n) is 19.9. The van der Waals surface area contributed by atoms with E-state index < -0.39 is 6.16 Å². The van der Waals surface area contributed by atoms with Crippen LogP contribution in [0.1, 0.15) is 129 Å². The van der Waals surface area contributed by atoms with Crippen molar-refractivity contribution in [3.63, 3.8) is 0 Å². The summed E-state index contributed by atoms with van der Waals surface area (Å²) in [5.74, 6) is 3.64. The molecule has 0 spiro atoms. The van der Waals surface area contributed by atoms with Crippen molar-refractivity contribution < 1.29 is 14.3 Å². The van der Waals surface area contributed by atoms with Gasteiger partial charge in [0.2, 0.25) is 0 Å². The Balaban J connectivity index is 1.27. The fraction of sp³-hybridized carbons (Fsp3) is 0.963. The third-order valence-electron chi connectivity index (χ3n) is 8.51. The van der Waals surface area contributed by atoms with Crippen molar-refractivity contribution in [2.75, 3.05) is 0 Å². The molecule has 3 saturated carbocycles. The van der Waals surface area contributed by atoms with Gasteiger partial charge in [0.15, 0.2) is 0 Å². The molecule has 0 unspecified atom stereocenters. The lowest BCUT2D eigenvalue weighted by Crippen LogP contribution is -2.31. The molecule has 0 aliphatic heterocycles. The van der Waals surface area contributed by atoms with E-state index in [-0.39, 0.29) is 12.2 Å². The first-order chi connectivity index (χ1) is 14.7. The summed E-state index contributed by atoms with van der Waals surface area (Å²) >= 11 is 0. The molecule has 0 radical (unpaired) electrons. The van der Waals surface area contributed by atoms with Crippen LogP contribution in [0.3, 0.4) is 0 Å². The van der Waals surface area contributed by atoms with E-state index >= 15 is 0 Å². The molecule has 3 fully saturated rings. The molecule has 3 aliphatic rings. The highest BCUT2D eigenvalue weighted by atomic mass is 16.7. The van der Waals surface area contributed by atoms with E-state index in [1.807, 2.05) is 0 Å². The lowest BCUT2D eigenvalue weighted by molar-refractivity contribution is -0.0294. The summed E-state index contributed by atoms with van der Waals surface area (Å²) in [5.41, 5.74) is 0. The second-order valence-electron chi connectivity index (χ2n) is 10.7. The number of hydrogen-bond donors (Lipinski definition) is 0. The number of hydrogen-bond acceptors (Lipinski definition) is 3. The summed E-state index contributed by atoms with van der Waals surface area (Å²) < 4.78 is 11.4. The molecule has 3 aliphatic carbocycles. The molecule has 0 bridgehead atoms. The zero-order chi connectivity index (χ0) is 21.2. The van der Waals surface area contributed by atoms with Gasteiger partial charge in [-0.3, -0.25) is 0 Å². The van der Waals surface area contributed by atoms with E-state index in [2.05, 4.69) is 13.8 Å². The SMILES string of the molecule is CCCCCC1CCC(OC(=O)O[C@H]2CC[C@H]([C@H]3CC[C@H](CCC)CC3)CC2)CC1. The second kappa shape index (κ2) is 13.0. The molecule has 30 heavy (non-hydrogen) atoms. The second-order valence-corrected chi connectivity index (χ2v) is 10.7. The van der Waals surface area contributed by atoms with Gasteiger partial charge in [-0.2, -0.15) is 0 Å². The van der Waals surface area contributed by atoms with Gasteiger partial charge in [0, 0.05) is 0 Å². The first-order valence-electron chi connectivity index (χ1n) is 13.5. The number of carbonyl (C=O) groups is 1. The number of unbranched alkanes of at least 4 members (excludes halogenated alkanes) is 2. The van der Waals surface area contributed by atoms with E-state index in [1.54, 1.807) is 0 Å². The minimum absolute atomic E-state index is 0.0922. The smallest absolute Gasteiger partial charge is 0.431 e. The summed E-state index contributed by atoms with van der Waals surface area (Å²) in [6.07, 6.45) is 22.7. The van der Waals surface area contributed by atoms with Crippen LogP contribution in [0.2, 0.25) is 0 Å². The van der Waals surface area contributed by atoms with Gasteiger partial charge in [-0.25, -0.2) is 4.79 Å². The van der Waals surface area contributed by atoms with Gasteiger partial charge in [-0.1, -0.05) is 65.2 Å². The Kier molecular flexibility index (Phi) is 10.3. The monoisotopic (exact) mass is 420 g/mol. The topological polar surface area (TPSA) is 35.5 Å². The van der Waals surface area contributed by atoms with E-state index in [1.165, 1.54) is 89.9 Å². The molecule has 174 valence electrons. The van der Waals surface area contributed by atoms with Crippen LogP contribution >= 0.6 is 0 Å². The average Bonchev–Trinajstić information content (AvgIpc) is 2.76. The lowest BCUT2D eigenvalue weighted by atomic mass is 9.70. The Morgan fingerprint density at radius 2 is 1.07 bits per heavy atom. The molecule has 0 atom stereocenters. The molecule has 0 aromatic heterocycles. The molecule has 0 saturated heterocycles. The van der Waals surface area contributed by atoms with E-state index in [0.29, 0.717) is 0 Å². The van der Waals surface area contributed by atoms with Crippen LogP contribution in [-0.2, 0) is 9.47 Å². The summed E-state index contributed by atoms with van der Waals surface area (Å²) in [7, 11) is 0. The van der Waals surface area contributed by atoms with E-state index in [9.17, 15) is 4.79 Å². The Bertz CT molecular complexity index is 466. The summed E-state index contributed by atoms with van der Waals surface area (Å²) in [5, 5.41) is 0. The Labute approximate surface area is 186 Å². The molecule has 0 N–H and O–H groups in total. The minimum Gasteiger partial charge on any atom is -0.431 e. The van der Waals surface area contributed by atoms with Crippen molar-refractivity contribution in [1.82, 2.24) is 0 Å².